The first-order valence-corrected chi connectivity index (χ1v) is 10.8. The van der Waals surface area contributed by atoms with Crippen LogP contribution in [-0.4, -0.2) is 60.0 Å². The Kier molecular flexibility index (Phi) is 5.55. The molecule has 2 aliphatic rings. The predicted molar refractivity (Wildman–Crippen MR) is 122 cm³/mol. The van der Waals surface area contributed by atoms with E-state index >= 15 is 0 Å². The van der Waals surface area contributed by atoms with Crippen molar-refractivity contribution >= 4 is 22.8 Å². The van der Waals surface area contributed by atoms with Crippen molar-refractivity contribution in [2.75, 3.05) is 27.5 Å². The van der Waals surface area contributed by atoms with Crippen molar-refractivity contribution in [3.05, 3.63) is 69.1 Å². The van der Waals surface area contributed by atoms with Crippen LogP contribution in [0.2, 0.25) is 0 Å². The molecule has 0 spiro atoms. The summed E-state index contributed by atoms with van der Waals surface area (Å²) in [5.74, 6) is -0.193. The molecule has 1 aromatic heterocycles. The number of esters is 1. The summed E-state index contributed by atoms with van der Waals surface area (Å²) in [5, 5.41) is 7.70. The Morgan fingerprint density at radius 3 is 2.66 bits per heavy atom. The highest BCUT2D eigenvalue weighted by molar-refractivity contribution is 5.92. The number of likely N-dealkylation sites (N-methyl/N-ethyl adjacent to an activating group) is 1. The number of ether oxygens (including phenoxy) is 3. The fourth-order valence-electron chi connectivity index (χ4n) is 4.85. The van der Waals surface area contributed by atoms with Crippen LogP contribution in [0.15, 0.2) is 53.0 Å². The van der Waals surface area contributed by atoms with Gasteiger partial charge in [-0.25, -0.2) is 4.79 Å². The van der Waals surface area contributed by atoms with Gasteiger partial charge in [0.2, 0.25) is 12.7 Å². The Labute approximate surface area is 198 Å². The molecule has 2 aromatic carbocycles. The first-order chi connectivity index (χ1) is 17.0. The molecule has 12 heteroatoms. The first-order valence-electron chi connectivity index (χ1n) is 10.8. The third-order valence-corrected chi connectivity index (χ3v) is 6.32. The van der Waals surface area contributed by atoms with E-state index in [4.69, 9.17) is 14.2 Å². The van der Waals surface area contributed by atoms with Crippen LogP contribution >= 0.6 is 0 Å². The highest BCUT2D eigenvalue weighted by Gasteiger charge is 2.46. The average Bonchev–Trinajstić information content (AvgIpc) is 3.48. The maximum atomic E-state index is 13.5. The van der Waals surface area contributed by atoms with Crippen molar-refractivity contribution in [2.45, 2.75) is 18.5 Å². The van der Waals surface area contributed by atoms with Crippen LogP contribution in [0, 0.1) is 9.81 Å². The van der Waals surface area contributed by atoms with Gasteiger partial charge in [-0.3, -0.25) is 9.80 Å². The maximum absolute atomic E-state index is 13.5. The fourth-order valence-corrected chi connectivity index (χ4v) is 4.85. The van der Waals surface area contributed by atoms with Gasteiger partial charge in [-0.2, -0.15) is 4.68 Å². The second-order valence-corrected chi connectivity index (χ2v) is 8.23. The van der Waals surface area contributed by atoms with E-state index < -0.39 is 24.0 Å². The van der Waals surface area contributed by atoms with E-state index in [0.717, 1.165) is 10.4 Å². The topological polar surface area (TPSA) is 132 Å². The summed E-state index contributed by atoms with van der Waals surface area (Å²) in [6.07, 6.45) is 0.0933. The number of methoxy groups -OCH3 is 1. The van der Waals surface area contributed by atoms with E-state index in [2.05, 4.69) is 10.6 Å². The van der Waals surface area contributed by atoms with Crippen LogP contribution < -0.4 is 9.47 Å². The first kappa shape index (κ1) is 22.3. The van der Waals surface area contributed by atoms with Gasteiger partial charge in [0.25, 0.3) is 0 Å². The maximum Gasteiger partial charge on any atom is 0.328 e. The quantitative estimate of drug-likeness (QED) is 0.299. The summed E-state index contributed by atoms with van der Waals surface area (Å²) >= 11 is 0. The molecule has 5 rings (SSSR count). The van der Waals surface area contributed by atoms with E-state index in [1.807, 2.05) is 12.1 Å². The second kappa shape index (κ2) is 8.70. The molecular weight excluding hydrogens is 458 g/mol. The number of fused-ring (bicyclic) bond motifs is 4. The third-order valence-electron chi connectivity index (χ3n) is 6.32. The number of para-hydroxylation sites is 1. The molecule has 2 atom stereocenters. The summed E-state index contributed by atoms with van der Waals surface area (Å²) in [6, 6.07) is 10.4. The van der Waals surface area contributed by atoms with E-state index in [1.165, 1.54) is 23.7 Å². The van der Waals surface area contributed by atoms with Crippen molar-refractivity contribution in [3.63, 3.8) is 0 Å². The zero-order chi connectivity index (χ0) is 24.7. The zero-order valence-electron chi connectivity index (χ0n) is 18.9. The molecule has 0 aliphatic carbocycles. The Morgan fingerprint density at radius 2 is 1.91 bits per heavy atom. The standard InChI is InChI=1S/C23H21N5O7/c1-26(24-31)11-20(29)27-17(23(30)33-2)10-15-14-5-3-4-6-16(14)28(25-32)22(15)21(27)13-7-8-18-19(9-13)35-12-34-18/h3-9,17,21H,10-12H2,1-2H3/t17-,21+/m0/s1. The summed E-state index contributed by atoms with van der Waals surface area (Å²) in [6.45, 7) is -0.337. The molecule has 0 saturated heterocycles. The van der Waals surface area contributed by atoms with Crippen LogP contribution in [-0.2, 0) is 20.7 Å². The van der Waals surface area contributed by atoms with Gasteiger partial charge in [0.05, 0.1) is 28.9 Å². The lowest BCUT2D eigenvalue weighted by atomic mass is 9.87. The minimum Gasteiger partial charge on any atom is -0.467 e. The monoisotopic (exact) mass is 479 g/mol. The number of hydrogen-bond acceptors (Lipinski definition) is 9. The minimum atomic E-state index is -1.03. The van der Waals surface area contributed by atoms with Crippen LogP contribution in [0.1, 0.15) is 22.9 Å². The normalized spacial score (nSPS) is 18.2. The van der Waals surface area contributed by atoms with Gasteiger partial charge < -0.3 is 19.1 Å². The van der Waals surface area contributed by atoms with Crippen molar-refractivity contribution < 1.29 is 23.8 Å². The number of carbonyl (C=O) groups excluding carboxylic acids is 2. The van der Waals surface area contributed by atoms with Crippen molar-refractivity contribution in [3.8, 4) is 11.5 Å². The molecule has 12 nitrogen and oxygen atoms in total. The van der Waals surface area contributed by atoms with E-state index in [0.29, 0.717) is 33.8 Å². The number of hydrogen-bond donors (Lipinski definition) is 0. The lowest BCUT2D eigenvalue weighted by molar-refractivity contribution is -0.155. The molecule has 0 radical (unpaired) electrons. The summed E-state index contributed by atoms with van der Waals surface area (Å²) in [7, 11) is 2.60. The molecule has 1 amide bonds. The number of nitroso groups, excluding NO2 is 2. The molecule has 3 heterocycles. The molecule has 0 N–H and O–H groups in total. The molecular formula is C23H21N5O7. The molecule has 3 aromatic rings. The molecule has 0 unspecified atom stereocenters. The minimum absolute atomic E-state index is 0.0497. The van der Waals surface area contributed by atoms with Crippen LogP contribution in [0.5, 0.6) is 11.5 Å². The van der Waals surface area contributed by atoms with Crippen molar-refractivity contribution in [2.24, 2.45) is 10.6 Å². The Bertz CT molecular complexity index is 1350. The van der Waals surface area contributed by atoms with Gasteiger partial charge in [0.1, 0.15) is 18.6 Å². The van der Waals surface area contributed by atoms with Crippen molar-refractivity contribution in [1.29, 1.82) is 0 Å². The SMILES string of the molecule is COC(=O)[C@@H]1Cc2c(n(N=O)c3ccccc23)[C@@H](c2ccc3c(c2)OCO3)N1C(=O)CN(C)N=O. The Balaban J connectivity index is 1.78. The lowest BCUT2D eigenvalue weighted by Gasteiger charge is -2.41. The lowest BCUT2D eigenvalue weighted by Crippen LogP contribution is -2.54. The van der Waals surface area contributed by atoms with E-state index in [1.54, 1.807) is 30.3 Å². The smallest absolute Gasteiger partial charge is 0.328 e. The number of rotatable bonds is 6. The van der Waals surface area contributed by atoms with Gasteiger partial charge in [-0.15, -0.1) is 9.81 Å². The van der Waals surface area contributed by atoms with Gasteiger partial charge in [0, 0.05) is 18.9 Å². The number of benzene rings is 2. The van der Waals surface area contributed by atoms with Gasteiger partial charge in [0.15, 0.2) is 11.5 Å². The highest BCUT2D eigenvalue weighted by Crippen LogP contribution is 2.45. The molecule has 0 saturated carbocycles. The zero-order valence-corrected chi connectivity index (χ0v) is 18.9. The number of carbonyl (C=O) groups is 2. The van der Waals surface area contributed by atoms with Crippen LogP contribution in [0.25, 0.3) is 10.9 Å². The van der Waals surface area contributed by atoms with Gasteiger partial charge >= 0.3 is 5.97 Å². The Hall–Kier alpha value is -4.48. The van der Waals surface area contributed by atoms with Crippen LogP contribution in [0.4, 0.5) is 0 Å². The molecule has 35 heavy (non-hydrogen) atoms. The van der Waals surface area contributed by atoms with Crippen LogP contribution in [0.3, 0.4) is 0 Å². The van der Waals surface area contributed by atoms with E-state index in [-0.39, 0.29) is 19.8 Å². The second-order valence-electron chi connectivity index (χ2n) is 8.23. The fraction of sp³-hybridized carbons (Fsp3) is 0.304. The molecule has 2 aliphatic heterocycles. The Morgan fingerprint density at radius 1 is 1.14 bits per heavy atom. The number of nitrogens with zero attached hydrogens (tertiary/aromatic N) is 5. The highest BCUT2D eigenvalue weighted by atomic mass is 16.7. The van der Waals surface area contributed by atoms with Crippen molar-refractivity contribution in [1.82, 2.24) is 14.6 Å². The van der Waals surface area contributed by atoms with Gasteiger partial charge in [-0.1, -0.05) is 24.3 Å². The largest absolute Gasteiger partial charge is 0.467 e. The third kappa shape index (κ3) is 3.54. The average molecular weight is 479 g/mol. The molecule has 180 valence electrons. The summed E-state index contributed by atoms with van der Waals surface area (Å²) in [5.41, 5.74) is 2.24. The molecule has 0 bridgehead atoms. The number of aromatic nitrogens is 1. The number of amides is 1. The molecule has 0 fully saturated rings. The van der Waals surface area contributed by atoms with Gasteiger partial charge in [-0.05, 0) is 29.3 Å². The predicted octanol–water partition coefficient (Wildman–Crippen LogP) is 2.53. The summed E-state index contributed by atoms with van der Waals surface area (Å²) < 4.78 is 17.2. The van der Waals surface area contributed by atoms with E-state index in [9.17, 15) is 19.4 Å². The summed E-state index contributed by atoms with van der Waals surface area (Å²) in [4.78, 5) is 51.0.